The summed E-state index contributed by atoms with van der Waals surface area (Å²) in [6, 6.07) is 6.16. The molecule has 1 heterocycles. The van der Waals surface area contributed by atoms with Gasteiger partial charge >= 0.3 is 5.97 Å². The molecule has 0 spiro atoms. The molecular weight excluding hydrogens is 238 g/mol. The molecule has 0 aliphatic carbocycles. The van der Waals surface area contributed by atoms with Crippen molar-refractivity contribution in [2.24, 2.45) is 0 Å². The van der Waals surface area contributed by atoms with E-state index in [2.05, 4.69) is 4.98 Å². The fraction of sp³-hybridized carbons (Fsp3) is 0.0909. The molecule has 1 aromatic heterocycles. The van der Waals surface area contributed by atoms with Crippen molar-refractivity contribution in [3.05, 3.63) is 58.2 Å². The Labute approximate surface area is 101 Å². The van der Waals surface area contributed by atoms with Gasteiger partial charge in [0.05, 0.1) is 11.3 Å². The van der Waals surface area contributed by atoms with Crippen molar-refractivity contribution < 1.29 is 14.8 Å². The molecule has 7 heteroatoms. The van der Waals surface area contributed by atoms with Gasteiger partial charge in [-0.05, 0) is 5.56 Å². The topological polar surface area (TPSA) is 98.3 Å². The molecule has 0 fully saturated rings. The van der Waals surface area contributed by atoms with Crippen LogP contribution in [0.15, 0.2) is 36.8 Å². The summed E-state index contributed by atoms with van der Waals surface area (Å²) < 4.78 is 1.56. The number of carboxylic acid groups (broad SMARTS) is 1. The van der Waals surface area contributed by atoms with Crippen LogP contribution in [-0.4, -0.2) is 25.6 Å². The SMILES string of the molecule is O=C(O)c1cn(Cc2cccc([N+](=O)[O-])c2)cn1. The van der Waals surface area contributed by atoms with Crippen LogP contribution in [0.1, 0.15) is 16.1 Å². The summed E-state index contributed by atoms with van der Waals surface area (Å²) in [6.07, 6.45) is 2.75. The van der Waals surface area contributed by atoms with Crippen LogP contribution < -0.4 is 0 Å². The molecule has 1 N–H and O–H groups in total. The smallest absolute Gasteiger partial charge is 0.356 e. The average molecular weight is 247 g/mol. The number of benzene rings is 1. The van der Waals surface area contributed by atoms with E-state index >= 15 is 0 Å². The number of carbonyl (C=O) groups is 1. The van der Waals surface area contributed by atoms with Crippen molar-refractivity contribution in [2.45, 2.75) is 6.54 Å². The minimum Gasteiger partial charge on any atom is -0.476 e. The number of nitro benzene ring substituents is 1. The van der Waals surface area contributed by atoms with E-state index in [0.29, 0.717) is 12.1 Å². The van der Waals surface area contributed by atoms with Gasteiger partial charge in [-0.25, -0.2) is 9.78 Å². The third-order valence-corrected chi connectivity index (χ3v) is 2.34. The zero-order valence-electron chi connectivity index (χ0n) is 9.18. The Morgan fingerprint density at radius 1 is 1.50 bits per heavy atom. The summed E-state index contributed by atoms with van der Waals surface area (Å²) in [7, 11) is 0. The third-order valence-electron chi connectivity index (χ3n) is 2.34. The monoisotopic (exact) mass is 247 g/mol. The first-order valence-electron chi connectivity index (χ1n) is 5.04. The molecule has 92 valence electrons. The molecule has 0 radical (unpaired) electrons. The van der Waals surface area contributed by atoms with Crippen LogP contribution in [0.2, 0.25) is 0 Å². The minimum absolute atomic E-state index is 0.00562. The Hall–Kier alpha value is -2.70. The lowest BCUT2D eigenvalue weighted by Crippen LogP contribution is -1.99. The first-order valence-corrected chi connectivity index (χ1v) is 5.04. The van der Waals surface area contributed by atoms with Gasteiger partial charge in [-0.2, -0.15) is 0 Å². The predicted octanol–water partition coefficient (Wildman–Crippen LogP) is 1.54. The summed E-state index contributed by atoms with van der Waals surface area (Å²) in [6.45, 7) is 0.335. The number of rotatable bonds is 4. The number of imidazole rings is 1. The summed E-state index contributed by atoms with van der Waals surface area (Å²) >= 11 is 0. The fourth-order valence-electron chi connectivity index (χ4n) is 1.54. The molecule has 2 aromatic rings. The van der Waals surface area contributed by atoms with E-state index in [0.717, 1.165) is 0 Å². The molecular formula is C11H9N3O4. The normalized spacial score (nSPS) is 10.2. The van der Waals surface area contributed by atoms with Gasteiger partial charge < -0.3 is 9.67 Å². The van der Waals surface area contributed by atoms with Gasteiger partial charge in [0.25, 0.3) is 5.69 Å². The highest BCUT2D eigenvalue weighted by Gasteiger charge is 2.08. The number of nitrogens with zero attached hydrogens (tertiary/aromatic N) is 3. The lowest BCUT2D eigenvalue weighted by Gasteiger charge is -2.01. The maximum Gasteiger partial charge on any atom is 0.356 e. The van der Waals surface area contributed by atoms with E-state index in [-0.39, 0.29) is 11.4 Å². The molecule has 0 unspecified atom stereocenters. The zero-order chi connectivity index (χ0) is 13.1. The largest absolute Gasteiger partial charge is 0.476 e. The second-order valence-corrected chi connectivity index (χ2v) is 3.66. The molecule has 0 saturated carbocycles. The van der Waals surface area contributed by atoms with Gasteiger partial charge in [-0.1, -0.05) is 12.1 Å². The van der Waals surface area contributed by atoms with Crippen molar-refractivity contribution in [1.82, 2.24) is 9.55 Å². The van der Waals surface area contributed by atoms with Crippen LogP contribution in [0.3, 0.4) is 0 Å². The van der Waals surface area contributed by atoms with Crippen LogP contribution in [0.4, 0.5) is 5.69 Å². The Morgan fingerprint density at radius 3 is 2.89 bits per heavy atom. The number of aromatic nitrogens is 2. The highest BCUT2D eigenvalue weighted by molar-refractivity contribution is 5.84. The molecule has 0 aliphatic heterocycles. The Bertz CT molecular complexity index is 606. The molecule has 0 aliphatic rings. The zero-order valence-corrected chi connectivity index (χ0v) is 9.18. The van der Waals surface area contributed by atoms with E-state index in [1.165, 1.54) is 24.7 Å². The van der Waals surface area contributed by atoms with E-state index in [1.54, 1.807) is 16.7 Å². The van der Waals surface area contributed by atoms with Crippen LogP contribution in [0.5, 0.6) is 0 Å². The number of aromatic carboxylic acids is 1. The molecule has 0 bridgehead atoms. The highest BCUT2D eigenvalue weighted by Crippen LogP contribution is 2.14. The second-order valence-electron chi connectivity index (χ2n) is 3.66. The number of hydrogen-bond donors (Lipinski definition) is 1. The van der Waals surface area contributed by atoms with Gasteiger partial charge in [0, 0.05) is 24.9 Å². The number of hydrogen-bond acceptors (Lipinski definition) is 4. The van der Waals surface area contributed by atoms with Gasteiger partial charge in [0.15, 0.2) is 5.69 Å². The van der Waals surface area contributed by atoms with Crippen molar-refractivity contribution >= 4 is 11.7 Å². The number of nitro groups is 1. The lowest BCUT2D eigenvalue weighted by atomic mass is 10.2. The molecule has 7 nitrogen and oxygen atoms in total. The molecule has 0 saturated heterocycles. The van der Waals surface area contributed by atoms with E-state index in [9.17, 15) is 14.9 Å². The van der Waals surface area contributed by atoms with Crippen molar-refractivity contribution in [2.75, 3.05) is 0 Å². The first-order chi connectivity index (χ1) is 8.56. The van der Waals surface area contributed by atoms with Crippen molar-refractivity contribution in [1.29, 1.82) is 0 Å². The fourth-order valence-corrected chi connectivity index (χ4v) is 1.54. The first kappa shape index (κ1) is 11.8. The number of non-ortho nitro benzene ring substituents is 1. The summed E-state index contributed by atoms with van der Waals surface area (Å²) in [4.78, 5) is 24.5. The molecule has 18 heavy (non-hydrogen) atoms. The quantitative estimate of drug-likeness (QED) is 0.652. The molecule has 1 aromatic carbocycles. The average Bonchev–Trinajstić information content (AvgIpc) is 2.78. The summed E-state index contributed by atoms with van der Waals surface area (Å²) in [5.41, 5.74) is 0.657. The molecule has 0 amide bonds. The Balaban J connectivity index is 2.20. The maximum absolute atomic E-state index is 10.6. The van der Waals surface area contributed by atoms with E-state index < -0.39 is 10.9 Å². The van der Waals surface area contributed by atoms with Crippen LogP contribution >= 0.6 is 0 Å². The highest BCUT2D eigenvalue weighted by atomic mass is 16.6. The Kier molecular flexibility index (Phi) is 3.05. The predicted molar refractivity (Wildman–Crippen MR) is 61.4 cm³/mol. The van der Waals surface area contributed by atoms with Crippen LogP contribution in [0.25, 0.3) is 0 Å². The third kappa shape index (κ3) is 2.51. The van der Waals surface area contributed by atoms with Crippen LogP contribution in [0, 0.1) is 10.1 Å². The summed E-state index contributed by atoms with van der Waals surface area (Å²) in [5, 5.41) is 19.3. The standard InChI is InChI=1S/C11H9N3O4/c15-11(16)10-6-13(7-12-10)5-8-2-1-3-9(4-8)14(17)18/h1-4,6-7H,5H2,(H,15,16). The van der Waals surface area contributed by atoms with Gasteiger partial charge in [-0.3, -0.25) is 10.1 Å². The second kappa shape index (κ2) is 4.66. The maximum atomic E-state index is 10.6. The van der Waals surface area contributed by atoms with Crippen molar-refractivity contribution in [3.63, 3.8) is 0 Å². The van der Waals surface area contributed by atoms with E-state index in [4.69, 9.17) is 5.11 Å². The van der Waals surface area contributed by atoms with Crippen LogP contribution in [-0.2, 0) is 6.54 Å². The molecule has 2 rings (SSSR count). The minimum atomic E-state index is -1.10. The molecule has 0 atom stereocenters. The Morgan fingerprint density at radius 2 is 2.28 bits per heavy atom. The van der Waals surface area contributed by atoms with Gasteiger partial charge in [-0.15, -0.1) is 0 Å². The van der Waals surface area contributed by atoms with Gasteiger partial charge in [0.2, 0.25) is 0 Å². The van der Waals surface area contributed by atoms with E-state index in [1.807, 2.05) is 0 Å². The van der Waals surface area contributed by atoms with Gasteiger partial charge in [0.1, 0.15) is 0 Å². The van der Waals surface area contributed by atoms with Crippen molar-refractivity contribution in [3.8, 4) is 0 Å². The lowest BCUT2D eigenvalue weighted by molar-refractivity contribution is -0.384. The summed E-state index contributed by atoms with van der Waals surface area (Å²) in [5.74, 6) is -1.10. The number of carboxylic acids is 1.